The Morgan fingerprint density at radius 2 is 1.31 bits per heavy atom. The Bertz CT molecular complexity index is 192. The molecule has 0 aromatic heterocycles. The normalized spacial score (nSPS) is 12.2. The molecule has 0 radical (unpaired) electrons. The quantitative estimate of drug-likeness (QED) is 0.423. The first kappa shape index (κ1) is 14.3. The summed E-state index contributed by atoms with van der Waals surface area (Å²) in [5.41, 5.74) is 0. The van der Waals surface area contributed by atoms with Gasteiger partial charge in [-0.15, -0.1) is 0 Å². The third-order valence-corrected chi connectivity index (χ3v) is 22.4. The molecule has 0 fully saturated rings. The van der Waals surface area contributed by atoms with E-state index in [4.69, 9.17) is 0 Å². The van der Waals surface area contributed by atoms with E-state index in [9.17, 15) is 0 Å². The van der Waals surface area contributed by atoms with Crippen LogP contribution in [0.1, 0.15) is 20.8 Å². The second kappa shape index (κ2) is 5.99. The predicted molar refractivity (Wildman–Crippen MR) is 68.3 cm³/mol. The summed E-state index contributed by atoms with van der Waals surface area (Å²) in [4.78, 5) is 0. The van der Waals surface area contributed by atoms with Crippen molar-refractivity contribution in [3.05, 3.63) is 0 Å². The summed E-state index contributed by atoms with van der Waals surface area (Å²) in [6.45, 7) is 7.08. The fourth-order valence-electron chi connectivity index (χ4n) is 1.34. The molecule has 0 aliphatic heterocycles. The van der Waals surface area contributed by atoms with E-state index in [2.05, 4.69) is 41.6 Å². The fourth-order valence-corrected chi connectivity index (χ4v) is 25.7. The second-order valence-electron chi connectivity index (χ2n) is 4.84. The van der Waals surface area contributed by atoms with Crippen LogP contribution in [0.2, 0.25) is 26.8 Å². The van der Waals surface area contributed by atoms with Crippen LogP contribution >= 0.6 is 0 Å². The van der Waals surface area contributed by atoms with Crippen LogP contribution < -0.4 is 0 Å². The second-order valence-corrected chi connectivity index (χ2v) is 37.4. The molecule has 0 aromatic rings. The molecule has 0 aliphatic carbocycles. The van der Waals surface area contributed by atoms with Crippen LogP contribution in [0.4, 0.5) is 0 Å². The first-order valence-corrected chi connectivity index (χ1v) is 26.5. The van der Waals surface area contributed by atoms with Gasteiger partial charge in [0.1, 0.15) is 0 Å². The molecular formula is C11H24PbSn. The molecule has 0 nitrogen and oxygen atoms in total. The zero-order chi connectivity index (χ0) is 10.5. The van der Waals surface area contributed by atoms with Gasteiger partial charge in [-0.3, -0.25) is 0 Å². The van der Waals surface area contributed by atoms with Gasteiger partial charge in [0, 0.05) is 0 Å². The Balaban J connectivity index is 4.66. The number of hydrogen-bond acceptors (Lipinski definition) is 0. The number of hydrogen-bond donors (Lipinski definition) is 0. The Morgan fingerprint density at radius 1 is 0.923 bits per heavy atom. The van der Waals surface area contributed by atoms with Crippen molar-refractivity contribution < 1.29 is 0 Å². The zero-order valence-electron chi connectivity index (χ0n) is 10.1. The van der Waals surface area contributed by atoms with Crippen molar-refractivity contribution in [2.45, 2.75) is 47.5 Å². The van der Waals surface area contributed by atoms with E-state index in [1.807, 2.05) is 0 Å². The molecule has 0 bridgehead atoms. The van der Waals surface area contributed by atoms with Gasteiger partial charge in [0.05, 0.1) is 0 Å². The van der Waals surface area contributed by atoms with Gasteiger partial charge in [-0.05, 0) is 0 Å². The first-order chi connectivity index (χ1) is 5.89. The van der Waals surface area contributed by atoms with Crippen LogP contribution in [-0.2, 0) is 0 Å². The fraction of sp³-hybridized carbons (Fsp3) is 0.818. The molecule has 0 atom stereocenters. The van der Waals surface area contributed by atoms with Crippen molar-refractivity contribution in [3.63, 3.8) is 0 Å². The molecule has 0 N–H and O–H groups in total. The molecule has 13 heavy (non-hydrogen) atoms. The van der Waals surface area contributed by atoms with E-state index in [-0.39, 0.29) is 0 Å². The molecule has 0 unspecified atom stereocenters. The Labute approximate surface area is 93.4 Å². The maximum absolute atomic E-state index is 3.78. The zero-order valence-corrected chi connectivity index (χ0v) is 16.9. The Kier molecular flexibility index (Phi) is 6.58. The predicted octanol–water partition coefficient (Wildman–Crippen LogP) is 3.91. The van der Waals surface area contributed by atoms with E-state index >= 15 is 0 Å². The molecule has 0 spiro atoms. The van der Waals surface area contributed by atoms with Gasteiger partial charge in [-0.25, -0.2) is 0 Å². The molecular weight excluding hydrogens is 458 g/mol. The van der Waals surface area contributed by atoms with Crippen LogP contribution in [-0.4, -0.2) is 39.5 Å². The molecule has 0 rings (SSSR count). The van der Waals surface area contributed by atoms with Gasteiger partial charge >= 0.3 is 94.5 Å². The van der Waals surface area contributed by atoms with Gasteiger partial charge in [-0.2, -0.15) is 0 Å². The summed E-state index contributed by atoms with van der Waals surface area (Å²) >= 11 is -3.80. The monoisotopic (exact) mass is 484 g/mol. The number of rotatable bonds is 3. The summed E-state index contributed by atoms with van der Waals surface area (Å²) < 4.78 is 19.0. The van der Waals surface area contributed by atoms with Crippen molar-refractivity contribution in [2.24, 2.45) is 0 Å². The van der Waals surface area contributed by atoms with Crippen LogP contribution in [0.25, 0.3) is 0 Å². The van der Waals surface area contributed by atoms with Crippen molar-refractivity contribution in [1.29, 1.82) is 0 Å². The van der Waals surface area contributed by atoms with E-state index in [0.717, 1.165) is 0 Å². The minimum absolute atomic E-state index is 1.42. The van der Waals surface area contributed by atoms with E-state index < -0.39 is 39.5 Å². The molecule has 0 aliphatic rings. The molecule has 0 amide bonds. The SMILES string of the molecule is C[CH2][Sn]([C]#[C][Pb]([CH3])([CH3])[CH3])([CH2]C)[CH2]C. The summed E-state index contributed by atoms with van der Waals surface area (Å²) in [5.74, 6) is 0. The van der Waals surface area contributed by atoms with Gasteiger partial charge in [-0.1, -0.05) is 0 Å². The van der Waals surface area contributed by atoms with Gasteiger partial charge in [0.2, 0.25) is 0 Å². The van der Waals surface area contributed by atoms with Gasteiger partial charge in [0.25, 0.3) is 0 Å². The molecule has 0 aromatic carbocycles. The summed E-state index contributed by atoms with van der Waals surface area (Å²) in [6, 6.07) is 0. The van der Waals surface area contributed by atoms with Crippen LogP contribution in [0.3, 0.4) is 0 Å². The van der Waals surface area contributed by atoms with Crippen molar-refractivity contribution in [1.82, 2.24) is 0 Å². The Hall–Kier alpha value is 1.28. The molecule has 0 saturated carbocycles. The topological polar surface area (TPSA) is 0 Å². The van der Waals surface area contributed by atoms with E-state index in [1.165, 1.54) is 13.3 Å². The van der Waals surface area contributed by atoms with E-state index in [1.54, 1.807) is 0 Å². The van der Waals surface area contributed by atoms with E-state index in [0.29, 0.717) is 0 Å². The summed E-state index contributed by atoms with van der Waals surface area (Å²) in [5, 5.41) is 0. The van der Waals surface area contributed by atoms with Crippen molar-refractivity contribution in [3.8, 4) is 7.42 Å². The minimum atomic E-state index is -1.92. The van der Waals surface area contributed by atoms with Crippen LogP contribution in [0.5, 0.6) is 0 Å². The molecule has 2 heteroatoms. The van der Waals surface area contributed by atoms with Crippen LogP contribution in [0, 0.1) is 7.42 Å². The molecule has 0 heterocycles. The van der Waals surface area contributed by atoms with Crippen molar-refractivity contribution in [2.75, 3.05) is 0 Å². The third-order valence-electron chi connectivity index (χ3n) is 2.73. The molecule has 76 valence electrons. The third kappa shape index (κ3) is 5.66. The standard InChI is InChI=1S/3C2H5.C2.3CH3.Pb.Sn/c4*1-2;;;;;/h3*1H2,2H3;;3*1H3;;. The van der Waals surface area contributed by atoms with Crippen molar-refractivity contribution >= 4 is 39.5 Å². The average molecular weight is 482 g/mol. The summed E-state index contributed by atoms with van der Waals surface area (Å²) in [7, 11) is 0. The maximum atomic E-state index is 3.78. The Morgan fingerprint density at radius 3 is 1.54 bits per heavy atom. The molecule has 0 saturated heterocycles. The van der Waals surface area contributed by atoms with Gasteiger partial charge in [0.15, 0.2) is 0 Å². The first-order valence-electron chi connectivity index (χ1n) is 5.43. The van der Waals surface area contributed by atoms with Gasteiger partial charge < -0.3 is 0 Å². The average Bonchev–Trinajstić information content (AvgIpc) is 2.06. The summed E-state index contributed by atoms with van der Waals surface area (Å²) in [6.07, 6.45) is 0. The van der Waals surface area contributed by atoms with Crippen LogP contribution in [0.15, 0.2) is 0 Å².